The Bertz CT molecular complexity index is 628. The Morgan fingerprint density at radius 3 is 2.38 bits per heavy atom. The van der Waals surface area contributed by atoms with E-state index < -0.39 is 10.2 Å². The molecule has 2 aliphatic heterocycles. The van der Waals surface area contributed by atoms with Crippen molar-refractivity contribution in [3.8, 4) is 0 Å². The van der Waals surface area contributed by atoms with Gasteiger partial charge in [0.05, 0.1) is 0 Å². The van der Waals surface area contributed by atoms with E-state index in [1.807, 2.05) is 0 Å². The van der Waals surface area contributed by atoms with Gasteiger partial charge in [0.1, 0.15) is 5.82 Å². The maximum Gasteiger partial charge on any atom is 0.279 e. The van der Waals surface area contributed by atoms with Gasteiger partial charge in [0.2, 0.25) is 0 Å². The third-order valence-electron chi connectivity index (χ3n) is 4.94. The molecule has 2 fully saturated rings. The Labute approximate surface area is 144 Å². The van der Waals surface area contributed by atoms with Crippen LogP contribution in [0.1, 0.15) is 32.1 Å². The SMILES string of the molecule is O=S(=O)(NC[C@H]1CCN(c2ccc(F)cc2)C1)N1CCCCCC1. The highest BCUT2D eigenvalue weighted by atomic mass is 32.2. The van der Waals surface area contributed by atoms with Crippen molar-refractivity contribution in [3.63, 3.8) is 0 Å². The first kappa shape index (κ1) is 17.6. The van der Waals surface area contributed by atoms with Gasteiger partial charge in [-0.1, -0.05) is 12.8 Å². The van der Waals surface area contributed by atoms with E-state index in [-0.39, 0.29) is 11.7 Å². The second-order valence-electron chi connectivity index (χ2n) is 6.74. The minimum Gasteiger partial charge on any atom is -0.371 e. The predicted molar refractivity (Wildman–Crippen MR) is 93.7 cm³/mol. The molecule has 0 amide bonds. The first-order valence-electron chi connectivity index (χ1n) is 8.80. The minimum absolute atomic E-state index is 0.236. The van der Waals surface area contributed by atoms with Crippen LogP contribution in [0.2, 0.25) is 0 Å². The van der Waals surface area contributed by atoms with E-state index in [9.17, 15) is 12.8 Å². The Morgan fingerprint density at radius 1 is 1.04 bits per heavy atom. The Morgan fingerprint density at radius 2 is 1.71 bits per heavy atom. The fourth-order valence-electron chi connectivity index (χ4n) is 3.48. The lowest BCUT2D eigenvalue weighted by atomic mass is 10.1. The van der Waals surface area contributed by atoms with Crippen LogP contribution < -0.4 is 9.62 Å². The summed E-state index contributed by atoms with van der Waals surface area (Å²) in [7, 11) is -3.37. The lowest BCUT2D eigenvalue weighted by molar-refractivity contribution is 0.410. The zero-order chi connectivity index (χ0) is 17.0. The fourth-order valence-corrected chi connectivity index (χ4v) is 4.85. The first-order valence-corrected chi connectivity index (χ1v) is 10.2. The quantitative estimate of drug-likeness (QED) is 0.882. The number of nitrogens with zero attached hydrogens (tertiary/aromatic N) is 2. The van der Waals surface area contributed by atoms with Crippen LogP contribution in [0.4, 0.5) is 10.1 Å². The molecule has 0 aliphatic carbocycles. The molecule has 3 rings (SSSR count). The molecule has 24 heavy (non-hydrogen) atoms. The molecule has 0 bridgehead atoms. The summed E-state index contributed by atoms with van der Waals surface area (Å²) < 4.78 is 42.3. The average molecular weight is 355 g/mol. The van der Waals surface area contributed by atoms with Crippen molar-refractivity contribution >= 4 is 15.9 Å². The summed E-state index contributed by atoms with van der Waals surface area (Å²) in [5.41, 5.74) is 0.995. The van der Waals surface area contributed by atoms with Gasteiger partial charge in [-0.05, 0) is 49.4 Å². The fraction of sp³-hybridized carbons (Fsp3) is 0.647. The molecular formula is C17H26FN3O2S. The topological polar surface area (TPSA) is 52.7 Å². The number of hydrogen-bond acceptors (Lipinski definition) is 3. The Balaban J connectivity index is 1.51. The van der Waals surface area contributed by atoms with Crippen LogP contribution in [0.5, 0.6) is 0 Å². The summed E-state index contributed by atoms with van der Waals surface area (Å²) in [6.07, 6.45) is 5.06. The molecule has 134 valence electrons. The van der Waals surface area contributed by atoms with Crippen molar-refractivity contribution in [1.82, 2.24) is 9.03 Å². The third-order valence-corrected chi connectivity index (χ3v) is 6.51. The molecule has 1 N–H and O–H groups in total. The predicted octanol–water partition coefficient (Wildman–Crippen LogP) is 2.36. The van der Waals surface area contributed by atoms with Gasteiger partial charge >= 0.3 is 0 Å². The van der Waals surface area contributed by atoms with Crippen molar-refractivity contribution in [1.29, 1.82) is 0 Å². The highest BCUT2D eigenvalue weighted by molar-refractivity contribution is 7.87. The lowest BCUT2D eigenvalue weighted by Crippen LogP contribution is -2.43. The Kier molecular flexibility index (Phi) is 5.73. The summed E-state index contributed by atoms with van der Waals surface area (Å²) in [5, 5.41) is 0. The van der Waals surface area contributed by atoms with Crippen LogP contribution in [0, 0.1) is 11.7 Å². The Hall–Kier alpha value is -1.18. The van der Waals surface area contributed by atoms with Crippen LogP contribution >= 0.6 is 0 Å². The molecule has 0 spiro atoms. The molecule has 2 heterocycles. The smallest absolute Gasteiger partial charge is 0.279 e. The maximum absolute atomic E-state index is 13.0. The number of rotatable bonds is 5. The summed E-state index contributed by atoms with van der Waals surface area (Å²) in [6.45, 7) is 3.40. The molecule has 1 aromatic carbocycles. The molecule has 1 atom stereocenters. The molecule has 0 radical (unpaired) electrons. The molecule has 5 nitrogen and oxygen atoms in total. The standard InChI is InChI=1S/C17H26FN3O2S/c18-16-5-7-17(8-6-16)20-12-9-15(14-20)13-19-24(22,23)21-10-3-1-2-4-11-21/h5-8,15,19H,1-4,9-14H2/t15-/m1/s1. The third kappa shape index (κ3) is 4.46. The molecule has 1 aromatic rings. The van der Waals surface area contributed by atoms with Crippen LogP contribution in [0.3, 0.4) is 0 Å². The van der Waals surface area contributed by atoms with Gasteiger partial charge in [-0.2, -0.15) is 12.7 Å². The maximum atomic E-state index is 13.0. The van der Waals surface area contributed by atoms with E-state index >= 15 is 0 Å². The number of hydrogen-bond donors (Lipinski definition) is 1. The van der Waals surface area contributed by atoms with Crippen molar-refractivity contribution in [2.75, 3.05) is 37.6 Å². The van der Waals surface area contributed by atoms with Crippen LogP contribution in [0.25, 0.3) is 0 Å². The van der Waals surface area contributed by atoms with Crippen LogP contribution in [0.15, 0.2) is 24.3 Å². The van der Waals surface area contributed by atoms with Gasteiger partial charge < -0.3 is 4.90 Å². The highest BCUT2D eigenvalue weighted by Crippen LogP contribution is 2.24. The zero-order valence-electron chi connectivity index (χ0n) is 14.0. The van der Waals surface area contributed by atoms with Crippen molar-refractivity contribution < 1.29 is 12.8 Å². The van der Waals surface area contributed by atoms with E-state index in [4.69, 9.17) is 0 Å². The summed E-state index contributed by atoms with van der Waals surface area (Å²) in [4.78, 5) is 2.18. The highest BCUT2D eigenvalue weighted by Gasteiger charge is 2.27. The summed E-state index contributed by atoms with van der Waals surface area (Å²) in [6, 6.07) is 6.48. The number of halogens is 1. The first-order chi connectivity index (χ1) is 11.5. The van der Waals surface area contributed by atoms with Gasteiger partial charge in [0, 0.05) is 38.4 Å². The summed E-state index contributed by atoms with van der Waals surface area (Å²) in [5.74, 6) is 0.0523. The molecule has 0 saturated carbocycles. The lowest BCUT2D eigenvalue weighted by Gasteiger charge is -2.22. The van der Waals surface area contributed by atoms with Crippen LogP contribution in [-0.4, -0.2) is 45.4 Å². The minimum atomic E-state index is -3.37. The number of benzene rings is 1. The normalized spacial score (nSPS) is 23.4. The number of anilines is 1. The monoisotopic (exact) mass is 355 g/mol. The van der Waals surface area contributed by atoms with E-state index in [1.54, 1.807) is 16.4 Å². The average Bonchev–Trinajstić information content (AvgIpc) is 2.86. The molecule has 0 aromatic heterocycles. The van der Waals surface area contributed by atoms with Gasteiger partial charge in [-0.25, -0.2) is 9.11 Å². The largest absolute Gasteiger partial charge is 0.371 e. The van der Waals surface area contributed by atoms with Gasteiger partial charge in [-0.15, -0.1) is 0 Å². The molecule has 2 saturated heterocycles. The van der Waals surface area contributed by atoms with Crippen molar-refractivity contribution in [2.45, 2.75) is 32.1 Å². The van der Waals surface area contributed by atoms with E-state index in [1.165, 1.54) is 12.1 Å². The molecule has 2 aliphatic rings. The van der Waals surface area contributed by atoms with E-state index in [2.05, 4.69) is 9.62 Å². The van der Waals surface area contributed by atoms with Crippen molar-refractivity contribution in [3.05, 3.63) is 30.1 Å². The molecular weight excluding hydrogens is 329 g/mol. The van der Waals surface area contributed by atoms with E-state index in [0.29, 0.717) is 19.6 Å². The number of nitrogens with one attached hydrogen (secondary N) is 1. The van der Waals surface area contributed by atoms with Gasteiger partial charge in [-0.3, -0.25) is 0 Å². The van der Waals surface area contributed by atoms with E-state index in [0.717, 1.165) is 50.9 Å². The molecule has 0 unspecified atom stereocenters. The zero-order valence-corrected chi connectivity index (χ0v) is 14.8. The second kappa shape index (κ2) is 7.80. The van der Waals surface area contributed by atoms with Gasteiger partial charge in [0.15, 0.2) is 0 Å². The van der Waals surface area contributed by atoms with Gasteiger partial charge in [0.25, 0.3) is 10.2 Å². The van der Waals surface area contributed by atoms with Crippen LogP contribution in [-0.2, 0) is 10.2 Å². The van der Waals surface area contributed by atoms with Crippen molar-refractivity contribution in [2.24, 2.45) is 5.92 Å². The summed E-state index contributed by atoms with van der Waals surface area (Å²) >= 11 is 0. The molecule has 7 heteroatoms. The second-order valence-corrected chi connectivity index (χ2v) is 8.50.